The second-order valence-corrected chi connectivity index (χ2v) is 5.44. The number of rotatable bonds is 4. The van der Waals surface area contributed by atoms with Crippen molar-refractivity contribution < 1.29 is 22.6 Å². The molecule has 0 spiro atoms. The van der Waals surface area contributed by atoms with Gasteiger partial charge in [-0.05, 0) is 39.0 Å². The Hall–Kier alpha value is -2.77. The zero-order valence-electron chi connectivity index (χ0n) is 13.9. The zero-order chi connectivity index (χ0) is 18.2. The smallest absolute Gasteiger partial charge is 0.418 e. The van der Waals surface area contributed by atoms with Gasteiger partial charge in [0.1, 0.15) is 11.4 Å². The van der Waals surface area contributed by atoms with Crippen molar-refractivity contribution in [3.63, 3.8) is 0 Å². The number of ether oxygens (including phenoxy) is 2. The zero-order valence-corrected chi connectivity index (χ0v) is 13.9. The summed E-state index contributed by atoms with van der Waals surface area (Å²) in [6.45, 7) is 5.68. The number of halogens is 3. The number of hydrogen-bond donors (Lipinski definition) is 0. The van der Waals surface area contributed by atoms with Gasteiger partial charge in [-0.1, -0.05) is 0 Å². The molecule has 0 radical (unpaired) electrons. The van der Waals surface area contributed by atoms with Gasteiger partial charge in [-0.3, -0.25) is 0 Å². The normalized spacial score (nSPS) is 11.8. The number of hydrogen-bond acceptors (Lipinski definition) is 4. The van der Waals surface area contributed by atoms with Crippen LogP contribution in [0.2, 0.25) is 0 Å². The first-order chi connectivity index (χ1) is 11.8. The molecule has 3 aromatic heterocycles. The first-order valence-electron chi connectivity index (χ1n) is 7.62. The molecule has 0 bridgehead atoms. The highest BCUT2D eigenvalue weighted by Crippen LogP contribution is 2.36. The van der Waals surface area contributed by atoms with E-state index in [2.05, 4.69) is 9.97 Å². The standard InChI is InChI=1S/C17H16F3N3O2/c1-4-24-14-7-12(17(18,19)20)8-21-16(14)25-13-5-6-15-22-10(2)11(3)23(15)9-13/h5-9H,4H2,1-3H3. The summed E-state index contributed by atoms with van der Waals surface area (Å²) >= 11 is 0. The summed E-state index contributed by atoms with van der Waals surface area (Å²) in [5, 5.41) is 0. The summed E-state index contributed by atoms with van der Waals surface area (Å²) in [5.74, 6) is 0.334. The molecule has 0 fully saturated rings. The highest BCUT2D eigenvalue weighted by atomic mass is 19.4. The highest BCUT2D eigenvalue weighted by Gasteiger charge is 2.32. The molecule has 5 nitrogen and oxygen atoms in total. The van der Waals surface area contributed by atoms with Gasteiger partial charge in [0.25, 0.3) is 5.88 Å². The van der Waals surface area contributed by atoms with Gasteiger partial charge in [0.2, 0.25) is 0 Å². The number of aromatic nitrogens is 3. The van der Waals surface area contributed by atoms with Crippen LogP contribution in [0.1, 0.15) is 23.9 Å². The van der Waals surface area contributed by atoms with Crippen molar-refractivity contribution in [2.75, 3.05) is 6.61 Å². The van der Waals surface area contributed by atoms with Gasteiger partial charge in [-0.25, -0.2) is 9.97 Å². The van der Waals surface area contributed by atoms with Crippen molar-refractivity contribution in [1.29, 1.82) is 0 Å². The van der Waals surface area contributed by atoms with Crippen LogP contribution >= 0.6 is 0 Å². The minimum Gasteiger partial charge on any atom is -0.488 e. The molecule has 3 heterocycles. The maximum absolute atomic E-state index is 12.8. The van der Waals surface area contributed by atoms with Crippen LogP contribution in [0.4, 0.5) is 13.2 Å². The van der Waals surface area contributed by atoms with E-state index in [1.54, 1.807) is 25.3 Å². The van der Waals surface area contributed by atoms with Gasteiger partial charge in [-0.15, -0.1) is 0 Å². The Balaban J connectivity index is 1.98. The first kappa shape index (κ1) is 17.1. The van der Waals surface area contributed by atoms with Gasteiger partial charge in [0, 0.05) is 11.9 Å². The highest BCUT2D eigenvalue weighted by molar-refractivity contribution is 5.47. The average molecular weight is 351 g/mol. The lowest BCUT2D eigenvalue weighted by atomic mass is 10.2. The number of fused-ring (bicyclic) bond motifs is 1. The average Bonchev–Trinajstić information content (AvgIpc) is 2.83. The van der Waals surface area contributed by atoms with Crippen molar-refractivity contribution in [1.82, 2.24) is 14.4 Å². The third-order valence-electron chi connectivity index (χ3n) is 3.73. The fraction of sp³-hybridized carbons (Fsp3) is 0.294. The first-order valence-corrected chi connectivity index (χ1v) is 7.62. The molecule has 0 unspecified atom stereocenters. The molecule has 3 aromatic rings. The van der Waals surface area contributed by atoms with Crippen molar-refractivity contribution in [3.05, 3.63) is 47.5 Å². The van der Waals surface area contributed by atoms with Crippen molar-refractivity contribution in [2.45, 2.75) is 26.9 Å². The van der Waals surface area contributed by atoms with Crippen LogP contribution in [0.15, 0.2) is 30.6 Å². The van der Waals surface area contributed by atoms with E-state index in [1.807, 2.05) is 18.2 Å². The quantitative estimate of drug-likeness (QED) is 0.692. The number of nitrogens with zero attached hydrogens (tertiary/aromatic N) is 3. The Bertz CT molecular complexity index is 919. The molecule has 8 heteroatoms. The second-order valence-electron chi connectivity index (χ2n) is 5.44. The van der Waals surface area contributed by atoms with E-state index in [-0.39, 0.29) is 18.2 Å². The number of alkyl halides is 3. The van der Waals surface area contributed by atoms with Crippen molar-refractivity contribution in [2.24, 2.45) is 0 Å². The van der Waals surface area contributed by atoms with E-state index in [1.165, 1.54) is 0 Å². The lowest BCUT2D eigenvalue weighted by molar-refractivity contribution is -0.138. The molecule has 132 valence electrons. The van der Waals surface area contributed by atoms with E-state index < -0.39 is 11.7 Å². The molecule has 0 aromatic carbocycles. The number of aryl methyl sites for hydroxylation is 2. The number of pyridine rings is 2. The lowest BCUT2D eigenvalue weighted by Gasteiger charge is -2.13. The Morgan fingerprint density at radius 1 is 1.20 bits per heavy atom. The van der Waals surface area contributed by atoms with Gasteiger partial charge in [0.05, 0.1) is 24.1 Å². The molecular weight excluding hydrogens is 335 g/mol. The summed E-state index contributed by atoms with van der Waals surface area (Å²) < 4.78 is 51.3. The molecule has 0 aliphatic rings. The molecule has 0 atom stereocenters. The van der Waals surface area contributed by atoms with Crippen LogP contribution in [-0.4, -0.2) is 21.0 Å². The second kappa shape index (κ2) is 6.27. The van der Waals surface area contributed by atoms with E-state index in [0.29, 0.717) is 5.75 Å². The maximum Gasteiger partial charge on any atom is 0.418 e. The molecule has 0 aliphatic carbocycles. The van der Waals surface area contributed by atoms with Gasteiger partial charge >= 0.3 is 6.18 Å². The van der Waals surface area contributed by atoms with Crippen LogP contribution in [-0.2, 0) is 6.18 Å². The molecule has 0 saturated heterocycles. The SMILES string of the molecule is CCOc1cc(C(F)(F)F)cnc1Oc1ccc2nc(C)c(C)n2c1. The number of imidazole rings is 1. The Morgan fingerprint density at radius 2 is 1.96 bits per heavy atom. The molecule has 0 N–H and O–H groups in total. The summed E-state index contributed by atoms with van der Waals surface area (Å²) in [5.41, 5.74) is 1.71. The van der Waals surface area contributed by atoms with Gasteiger partial charge < -0.3 is 13.9 Å². The largest absolute Gasteiger partial charge is 0.488 e. The fourth-order valence-electron chi connectivity index (χ4n) is 2.35. The third-order valence-corrected chi connectivity index (χ3v) is 3.73. The molecule has 3 rings (SSSR count). The Kier molecular flexibility index (Phi) is 4.28. The van der Waals surface area contributed by atoms with Crippen molar-refractivity contribution in [3.8, 4) is 17.4 Å². The summed E-state index contributed by atoms with van der Waals surface area (Å²) in [6.07, 6.45) is -2.07. The molecular formula is C17H16F3N3O2. The topological polar surface area (TPSA) is 48.7 Å². The van der Waals surface area contributed by atoms with Crippen LogP contribution in [0.5, 0.6) is 17.4 Å². The molecule has 25 heavy (non-hydrogen) atoms. The summed E-state index contributed by atoms with van der Waals surface area (Å²) in [4.78, 5) is 8.16. The van der Waals surface area contributed by atoms with Crippen LogP contribution in [0, 0.1) is 13.8 Å². The van der Waals surface area contributed by atoms with Crippen molar-refractivity contribution >= 4 is 5.65 Å². The minimum absolute atomic E-state index is 0.0244. The molecule has 0 amide bonds. The fourth-order valence-corrected chi connectivity index (χ4v) is 2.35. The van der Waals surface area contributed by atoms with Crippen LogP contribution < -0.4 is 9.47 Å². The van der Waals surface area contributed by atoms with E-state index in [0.717, 1.165) is 29.3 Å². The van der Waals surface area contributed by atoms with E-state index in [9.17, 15) is 13.2 Å². The maximum atomic E-state index is 12.8. The van der Waals surface area contributed by atoms with Gasteiger partial charge in [-0.2, -0.15) is 13.2 Å². The Labute approximate surface area is 142 Å². The predicted molar refractivity (Wildman–Crippen MR) is 85.1 cm³/mol. The van der Waals surface area contributed by atoms with Gasteiger partial charge in [0.15, 0.2) is 5.75 Å². The van der Waals surface area contributed by atoms with Crippen LogP contribution in [0.3, 0.4) is 0 Å². The summed E-state index contributed by atoms with van der Waals surface area (Å²) in [6, 6.07) is 4.33. The monoisotopic (exact) mass is 351 g/mol. The third kappa shape index (κ3) is 3.38. The minimum atomic E-state index is -4.50. The van der Waals surface area contributed by atoms with E-state index >= 15 is 0 Å². The van der Waals surface area contributed by atoms with E-state index in [4.69, 9.17) is 9.47 Å². The molecule has 0 saturated carbocycles. The Morgan fingerprint density at radius 3 is 2.64 bits per heavy atom. The predicted octanol–water partition coefficient (Wildman–Crippen LogP) is 4.56. The molecule has 0 aliphatic heterocycles. The lowest BCUT2D eigenvalue weighted by Crippen LogP contribution is -2.07. The summed E-state index contributed by atoms with van der Waals surface area (Å²) in [7, 11) is 0. The van der Waals surface area contributed by atoms with Crippen LogP contribution in [0.25, 0.3) is 5.65 Å².